The fraction of sp³-hybridized carbons (Fsp3) is 0.538. The van der Waals surface area contributed by atoms with Crippen LogP contribution in [0.4, 0.5) is 15.8 Å². The van der Waals surface area contributed by atoms with Crippen LogP contribution in [-0.2, 0) is 0 Å². The molecular formula is C13H18FN3O2. The van der Waals surface area contributed by atoms with Gasteiger partial charge < -0.3 is 10.6 Å². The van der Waals surface area contributed by atoms with Gasteiger partial charge in [-0.1, -0.05) is 6.07 Å². The van der Waals surface area contributed by atoms with Crippen molar-refractivity contribution in [2.75, 3.05) is 25.0 Å². The second kappa shape index (κ2) is 6.47. The second-order valence-electron chi connectivity index (χ2n) is 4.82. The van der Waals surface area contributed by atoms with Crippen LogP contribution in [0, 0.1) is 21.8 Å². The molecule has 1 aliphatic rings. The summed E-state index contributed by atoms with van der Waals surface area (Å²) in [4.78, 5) is 10.1. The van der Waals surface area contributed by atoms with Crippen molar-refractivity contribution in [3.8, 4) is 0 Å². The Morgan fingerprint density at radius 3 is 3.05 bits per heavy atom. The molecule has 0 spiro atoms. The van der Waals surface area contributed by atoms with Gasteiger partial charge in [0, 0.05) is 6.54 Å². The molecule has 1 saturated heterocycles. The van der Waals surface area contributed by atoms with Gasteiger partial charge in [0.15, 0.2) is 0 Å². The van der Waals surface area contributed by atoms with Gasteiger partial charge in [-0.15, -0.1) is 0 Å². The first-order chi connectivity index (χ1) is 9.18. The maximum Gasteiger partial charge on any atom is 0.327 e. The van der Waals surface area contributed by atoms with Crippen LogP contribution in [0.5, 0.6) is 0 Å². The first kappa shape index (κ1) is 13.7. The summed E-state index contributed by atoms with van der Waals surface area (Å²) in [5.41, 5.74) is -0.210. The van der Waals surface area contributed by atoms with E-state index in [0.29, 0.717) is 12.5 Å². The van der Waals surface area contributed by atoms with Crippen LogP contribution >= 0.6 is 0 Å². The first-order valence-corrected chi connectivity index (χ1v) is 6.56. The third-order valence-corrected chi connectivity index (χ3v) is 3.44. The number of hydrogen-bond donors (Lipinski definition) is 2. The maximum absolute atomic E-state index is 13.4. The zero-order valence-corrected chi connectivity index (χ0v) is 10.7. The Bertz CT molecular complexity index is 448. The largest absolute Gasteiger partial charge is 0.379 e. The Morgan fingerprint density at radius 1 is 1.53 bits per heavy atom. The van der Waals surface area contributed by atoms with Crippen LogP contribution in [0.15, 0.2) is 18.2 Å². The lowest BCUT2D eigenvalue weighted by atomic mass is 9.96. The van der Waals surface area contributed by atoms with Crippen molar-refractivity contribution in [1.82, 2.24) is 5.32 Å². The third kappa shape index (κ3) is 3.64. The SMILES string of the molecule is O=[N+]([O-])c1c(F)cccc1NCCC1CCCNC1. The molecule has 5 nitrogen and oxygen atoms in total. The van der Waals surface area contributed by atoms with Crippen LogP contribution < -0.4 is 10.6 Å². The van der Waals surface area contributed by atoms with Gasteiger partial charge in [0.1, 0.15) is 5.69 Å². The standard InChI is InChI=1S/C13H18FN3O2/c14-11-4-1-5-12(13(11)17(18)19)16-8-6-10-3-2-7-15-9-10/h1,4-5,10,15-16H,2-3,6-9H2. The van der Waals surface area contributed by atoms with Gasteiger partial charge in [-0.25, -0.2) is 0 Å². The molecule has 0 radical (unpaired) electrons. The minimum atomic E-state index is -0.797. The van der Waals surface area contributed by atoms with E-state index in [1.54, 1.807) is 6.07 Å². The molecule has 1 atom stereocenters. The number of rotatable bonds is 5. The molecule has 1 heterocycles. The molecule has 2 N–H and O–H groups in total. The molecule has 104 valence electrons. The molecule has 0 saturated carbocycles. The van der Waals surface area contributed by atoms with Gasteiger partial charge >= 0.3 is 5.69 Å². The number of nitro benzene ring substituents is 1. The minimum Gasteiger partial charge on any atom is -0.379 e. The zero-order chi connectivity index (χ0) is 13.7. The fourth-order valence-electron chi connectivity index (χ4n) is 2.42. The van der Waals surface area contributed by atoms with Gasteiger partial charge in [-0.05, 0) is 50.4 Å². The van der Waals surface area contributed by atoms with E-state index in [1.165, 1.54) is 18.9 Å². The minimum absolute atomic E-state index is 0.258. The molecule has 0 aromatic heterocycles. The Morgan fingerprint density at radius 2 is 2.37 bits per heavy atom. The Labute approximate surface area is 111 Å². The summed E-state index contributed by atoms with van der Waals surface area (Å²) in [5.74, 6) is -0.205. The number of piperidine rings is 1. The average molecular weight is 267 g/mol. The summed E-state index contributed by atoms with van der Waals surface area (Å²) in [7, 11) is 0. The summed E-state index contributed by atoms with van der Waals surface area (Å²) in [5, 5.41) is 17.1. The predicted octanol–water partition coefficient (Wildman–Crippen LogP) is 2.54. The van der Waals surface area contributed by atoms with Gasteiger partial charge in [-0.2, -0.15) is 4.39 Å². The smallest absolute Gasteiger partial charge is 0.327 e. The lowest BCUT2D eigenvalue weighted by Gasteiger charge is -2.22. The van der Waals surface area contributed by atoms with E-state index in [-0.39, 0.29) is 5.69 Å². The van der Waals surface area contributed by atoms with Crippen LogP contribution in [0.2, 0.25) is 0 Å². The van der Waals surface area contributed by atoms with E-state index in [0.717, 1.165) is 25.6 Å². The molecule has 1 aromatic rings. The van der Waals surface area contributed by atoms with Crippen molar-refractivity contribution in [2.45, 2.75) is 19.3 Å². The molecule has 1 aromatic carbocycles. The van der Waals surface area contributed by atoms with Crippen LogP contribution in [-0.4, -0.2) is 24.6 Å². The van der Waals surface area contributed by atoms with Crippen molar-refractivity contribution in [1.29, 1.82) is 0 Å². The lowest BCUT2D eigenvalue weighted by molar-refractivity contribution is -0.386. The van der Waals surface area contributed by atoms with Crippen LogP contribution in [0.3, 0.4) is 0 Å². The van der Waals surface area contributed by atoms with Crippen LogP contribution in [0.1, 0.15) is 19.3 Å². The maximum atomic E-state index is 13.4. The molecule has 1 fully saturated rings. The number of halogens is 1. The number of anilines is 1. The summed E-state index contributed by atoms with van der Waals surface area (Å²) in [6.07, 6.45) is 3.28. The van der Waals surface area contributed by atoms with E-state index in [4.69, 9.17) is 0 Å². The van der Waals surface area contributed by atoms with Crippen molar-refractivity contribution in [3.05, 3.63) is 34.1 Å². The quantitative estimate of drug-likeness (QED) is 0.635. The van der Waals surface area contributed by atoms with Gasteiger partial charge in [-0.3, -0.25) is 10.1 Å². The normalized spacial score (nSPS) is 19.1. The lowest BCUT2D eigenvalue weighted by Crippen LogP contribution is -2.30. The van der Waals surface area contributed by atoms with Gasteiger partial charge in [0.25, 0.3) is 0 Å². The molecule has 19 heavy (non-hydrogen) atoms. The monoisotopic (exact) mass is 267 g/mol. The summed E-state index contributed by atoms with van der Waals surface area (Å²) >= 11 is 0. The number of benzene rings is 1. The van der Waals surface area contributed by atoms with E-state index < -0.39 is 16.4 Å². The van der Waals surface area contributed by atoms with E-state index in [1.807, 2.05) is 0 Å². The molecule has 2 rings (SSSR count). The Hall–Kier alpha value is -1.69. The highest BCUT2D eigenvalue weighted by atomic mass is 19.1. The zero-order valence-electron chi connectivity index (χ0n) is 10.7. The topological polar surface area (TPSA) is 67.2 Å². The molecular weight excluding hydrogens is 249 g/mol. The Balaban J connectivity index is 1.92. The average Bonchev–Trinajstić information content (AvgIpc) is 2.39. The molecule has 1 unspecified atom stereocenters. The number of hydrogen-bond acceptors (Lipinski definition) is 4. The first-order valence-electron chi connectivity index (χ1n) is 6.56. The summed E-state index contributed by atoms with van der Waals surface area (Å²) in [6, 6.07) is 4.13. The highest BCUT2D eigenvalue weighted by Crippen LogP contribution is 2.27. The highest BCUT2D eigenvalue weighted by Gasteiger charge is 2.20. The van der Waals surface area contributed by atoms with Crippen molar-refractivity contribution >= 4 is 11.4 Å². The third-order valence-electron chi connectivity index (χ3n) is 3.44. The van der Waals surface area contributed by atoms with E-state index >= 15 is 0 Å². The molecule has 0 amide bonds. The highest BCUT2D eigenvalue weighted by molar-refractivity contribution is 5.61. The number of nitrogens with one attached hydrogen (secondary N) is 2. The van der Waals surface area contributed by atoms with E-state index in [2.05, 4.69) is 10.6 Å². The fourth-order valence-corrected chi connectivity index (χ4v) is 2.42. The number of nitro groups is 1. The predicted molar refractivity (Wildman–Crippen MR) is 71.8 cm³/mol. The molecule has 1 aliphatic heterocycles. The number of para-hydroxylation sites is 1. The Kier molecular flexibility index (Phi) is 4.68. The van der Waals surface area contributed by atoms with Crippen molar-refractivity contribution in [2.24, 2.45) is 5.92 Å². The van der Waals surface area contributed by atoms with Crippen LogP contribution in [0.25, 0.3) is 0 Å². The summed E-state index contributed by atoms with van der Waals surface area (Å²) < 4.78 is 13.4. The number of nitrogens with zero attached hydrogens (tertiary/aromatic N) is 1. The van der Waals surface area contributed by atoms with Gasteiger partial charge in [0.2, 0.25) is 5.82 Å². The molecule has 0 aliphatic carbocycles. The molecule has 6 heteroatoms. The van der Waals surface area contributed by atoms with Crippen molar-refractivity contribution < 1.29 is 9.31 Å². The second-order valence-corrected chi connectivity index (χ2v) is 4.82. The summed E-state index contributed by atoms with van der Waals surface area (Å²) in [6.45, 7) is 2.68. The molecule has 0 bridgehead atoms. The van der Waals surface area contributed by atoms with E-state index in [9.17, 15) is 14.5 Å². The van der Waals surface area contributed by atoms with Crippen molar-refractivity contribution in [3.63, 3.8) is 0 Å². The van der Waals surface area contributed by atoms with Gasteiger partial charge in [0.05, 0.1) is 4.92 Å².